The summed E-state index contributed by atoms with van der Waals surface area (Å²) in [6.07, 6.45) is 0. The molecule has 1 rings (SSSR count). The summed E-state index contributed by atoms with van der Waals surface area (Å²) in [7, 11) is 1.15. The normalized spacial score (nSPS) is 12.7. The standard InChI is InChI=1S/C12H16F2N2O3.ClH/c1-7-10(8(2)15)4-9(16(17)18)5-11(7)12(13,14)6-19-3;/h4-5,8H,6,15H2,1-3H3;1H/t8-;/m1./s1. The number of hydrogen-bond donors (Lipinski definition) is 1. The van der Waals surface area contributed by atoms with Gasteiger partial charge in [0.1, 0.15) is 6.61 Å². The van der Waals surface area contributed by atoms with Gasteiger partial charge in [0.2, 0.25) is 0 Å². The summed E-state index contributed by atoms with van der Waals surface area (Å²) in [4.78, 5) is 10.1. The molecule has 0 aromatic heterocycles. The van der Waals surface area contributed by atoms with Gasteiger partial charge in [0, 0.05) is 30.8 Å². The Balaban J connectivity index is 0.00000361. The van der Waals surface area contributed by atoms with Crippen molar-refractivity contribution in [3.8, 4) is 0 Å². The highest BCUT2D eigenvalue weighted by atomic mass is 35.5. The third-order valence-electron chi connectivity index (χ3n) is 2.85. The number of alkyl halides is 2. The number of rotatable bonds is 5. The fourth-order valence-electron chi connectivity index (χ4n) is 1.94. The summed E-state index contributed by atoms with van der Waals surface area (Å²) in [5, 5.41) is 10.8. The quantitative estimate of drug-likeness (QED) is 0.669. The van der Waals surface area contributed by atoms with Gasteiger partial charge in [0.25, 0.3) is 11.6 Å². The van der Waals surface area contributed by atoms with Crippen molar-refractivity contribution < 1.29 is 18.4 Å². The molecule has 0 amide bonds. The maximum atomic E-state index is 13.9. The Hall–Kier alpha value is -1.31. The van der Waals surface area contributed by atoms with E-state index in [2.05, 4.69) is 4.74 Å². The summed E-state index contributed by atoms with van der Waals surface area (Å²) in [6.45, 7) is 2.22. The number of nitro groups is 1. The van der Waals surface area contributed by atoms with Gasteiger partial charge in [-0.1, -0.05) is 0 Å². The SMILES string of the molecule is COCC(F)(F)c1cc([N+](=O)[O-])cc([C@@H](C)N)c1C.Cl. The van der Waals surface area contributed by atoms with E-state index < -0.39 is 34.7 Å². The molecular formula is C12H17ClF2N2O3. The van der Waals surface area contributed by atoms with Gasteiger partial charge in [-0.3, -0.25) is 10.1 Å². The molecule has 0 aliphatic carbocycles. The van der Waals surface area contributed by atoms with Crippen molar-refractivity contribution in [3.05, 3.63) is 38.9 Å². The molecule has 0 saturated heterocycles. The number of methoxy groups -OCH3 is 1. The second-order valence-corrected chi connectivity index (χ2v) is 4.39. The first-order valence-corrected chi connectivity index (χ1v) is 5.62. The van der Waals surface area contributed by atoms with Crippen LogP contribution < -0.4 is 5.73 Å². The summed E-state index contributed by atoms with van der Waals surface area (Å²) >= 11 is 0. The maximum Gasteiger partial charge on any atom is 0.296 e. The number of nitrogens with two attached hydrogens (primary N) is 1. The fourth-order valence-corrected chi connectivity index (χ4v) is 1.94. The third kappa shape index (κ3) is 3.84. The van der Waals surface area contributed by atoms with Crippen molar-refractivity contribution in [2.45, 2.75) is 25.8 Å². The minimum Gasteiger partial charge on any atom is -0.378 e. The highest BCUT2D eigenvalue weighted by molar-refractivity contribution is 5.85. The topological polar surface area (TPSA) is 78.4 Å². The van der Waals surface area contributed by atoms with Crippen LogP contribution in [0.25, 0.3) is 0 Å². The second-order valence-electron chi connectivity index (χ2n) is 4.39. The first-order chi connectivity index (χ1) is 8.70. The largest absolute Gasteiger partial charge is 0.378 e. The van der Waals surface area contributed by atoms with E-state index in [9.17, 15) is 18.9 Å². The van der Waals surface area contributed by atoms with Crippen molar-refractivity contribution in [2.24, 2.45) is 5.73 Å². The van der Waals surface area contributed by atoms with E-state index in [1.54, 1.807) is 6.92 Å². The number of halogens is 3. The lowest BCUT2D eigenvalue weighted by Gasteiger charge is -2.21. The molecule has 0 aliphatic heterocycles. The lowest BCUT2D eigenvalue weighted by atomic mass is 9.93. The summed E-state index contributed by atoms with van der Waals surface area (Å²) < 4.78 is 32.3. The lowest BCUT2D eigenvalue weighted by molar-refractivity contribution is -0.385. The smallest absolute Gasteiger partial charge is 0.296 e. The zero-order valence-electron chi connectivity index (χ0n) is 11.4. The Morgan fingerprint density at radius 2 is 2.05 bits per heavy atom. The van der Waals surface area contributed by atoms with Crippen LogP contribution in [0.3, 0.4) is 0 Å². The van der Waals surface area contributed by atoms with E-state index in [-0.39, 0.29) is 18.0 Å². The average molecular weight is 311 g/mol. The molecule has 0 radical (unpaired) electrons. The van der Waals surface area contributed by atoms with Crippen LogP contribution in [-0.2, 0) is 10.7 Å². The summed E-state index contributed by atoms with van der Waals surface area (Å²) in [6, 6.07) is 1.53. The molecule has 5 nitrogen and oxygen atoms in total. The first kappa shape index (κ1) is 18.7. The van der Waals surface area contributed by atoms with Gasteiger partial charge >= 0.3 is 0 Å². The van der Waals surface area contributed by atoms with Crippen molar-refractivity contribution in [1.29, 1.82) is 0 Å². The molecule has 0 saturated carbocycles. The molecule has 1 aromatic rings. The molecule has 0 unspecified atom stereocenters. The number of hydrogen-bond acceptors (Lipinski definition) is 4. The molecule has 0 bridgehead atoms. The molecule has 0 spiro atoms. The van der Waals surface area contributed by atoms with Gasteiger partial charge in [-0.25, -0.2) is 0 Å². The van der Waals surface area contributed by atoms with Gasteiger partial charge in [-0.2, -0.15) is 8.78 Å². The Kier molecular flexibility index (Phi) is 6.46. The minimum atomic E-state index is -3.30. The highest BCUT2D eigenvalue weighted by Crippen LogP contribution is 2.36. The molecule has 0 heterocycles. The second kappa shape index (κ2) is 6.92. The van der Waals surface area contributed by atoms with E-state index in [0.717, 1.165) is 13.2 Å². The van der Waals surface area contributed by atoms with Crippen LogP contribution in [0, 0.1) is 17.0 Å². The molecule has 2 N–H and O–H groups in total. The summed E-state index contributed by atoms with van der Waals surface area (Å²) in [5.41, 5.74) is 5.44. The molecule has 8 heteroatoms. The average Bonchev–Trinajstić information content (AvgIpc) is 2.27. The van der Waals surface area contributed by atoms with Crippen molar-refractivity contribution in [3.63, 3.8) is 0 Å². The Bertz CT molecular complexity index is 496. The van der Waals surface area contributed by atoms with Gasteiger partial charge in [0.05, 0.1) is 4.92 Å². The molecule has 0 aliphatic rings. The zero-order chi connectivity index (χ0) is 14.8. The first-order valence-electron chi connectivity index (χ1n) is 5.62. The number of nitro benzene ring substituents is 1. The Morgan fingerprint density at radius 1 is 1.50 bits per heavy atom. The molecule has 20 heavy (non-hydrogen) atoms. The van der Waals surface area contributed by atoms with Crippen LogP contribution in [0.4, 0.5) is 14.5 Å². The predicted octanol–water partition coefficient (Wildman–Crippen LogP) is 3.08. The van der Waals surface area contributed by atoms with Crippen LogP contribution in [0.15, 0.2) is 12.1 Å². The zero-order valence-corrected chi connectivity index (χ0v) is 12.2. The van der Waals surface area contributed by atoms with E-state index >= 15 is 0 Å². The molecule has 1 atom stereocenters. The van der Waals surface area contributed by atoms with Crippen LogP contribution in [0.1, 0.15) is 29.7 Å². The van der Waals surface area contributed by atoms with Crippen LogP contribution >= 0.6 is 12.4 Å². The molecule has 0 fully saturated rings. The highest BCUT2D eigenvalue weighted by Gasteiger charge is 2.36. The van der Waals surface area contributed by atoms with Crippen LogP contribution in [-0.4, -0.2) is 18.6 Å². The van der Waals surface area contributed by atoms with Crippen LogP contribution in [0.2, 0.25) is 0 Å². The van der Waals surface area contributed by atoms with E-state index in [1.165, 1.54) is 13.0 Å². The Labute approximate surface area is 121 Å². The molecule has 1 aromatic carbocycles. The van der Waals surface area contributed by atoms with Crippen molar-refractivity contribution in [2.75, 3.05) is 13.7 Å². The third-order valence-corrected chi connectivity index (χ3v) is 2.85. The molecular weight excluding hydrogens is 294 g/mol. The lowest BCUT2D eigenvalue weighted by Crippen LogP contribution is -2.23. The van der Waals surface area contributed by atoms with E-state index in [1.807, 2.05) is 0 Å². The van der Waals surface area contributed by atoms with Crippen molar-refractivity contribution in [1.82, 2.24) is 0 Å². The minimum absolute atomic E-state index is 0. The summed E-state index contributed by atoms with van der Waals surface area (Å²) in [5.74, 6) is -3.30. The van der Waals surface area contributed by atoms with E-state index in [0.29, 0.717) is 5.56 Å². The number of non-ortho nitro benzene ring substituents is 1. The monoisotopic (exact) mass is 310 g/mol. The van der Waals surface area contributed by atoms with Gasteiger partial charge in [-0.15, -0.1) is 12.4 Å². The predicted molar refractivity (Wildman–Crippen MR) is 73.5 cm³/mol. The fraction of sp³-hybridized carbons (Fsp3) is 0.500. The van der Waals surface area contributed by atoms with Gasteiger partial charge in [0.15, 0.2) is 0 Å². The molecule has 114 valence electrons. The van der Waals surface area contributed by atoms with Crippen molar-refractivity contribution >= 4 is 18.1 Å². The van der Waals surface area contributed by atoms with Gasteiger partial charge < -0.3 is 10.5 Å². The van der Waals surface area contributed by atoms with E-state index in [4.69, 9.17) is 5.73 Å². The van der Waals surface area contributed by atoms with Gasteiger partial charge in [-0.05, 0) is 25.0 Å². The Morgan fingerprint density at radius 3 is 2.45 bits per heavy atom. The number of ether oxygens (including phenoxy) is 1. The number of benzene rings is 1. The number of nitrogens with zero attached hydrogens (tertiary/aromatic N) is 1. The van der Waals surface area contributed by atoms with Crippen LogP contribution in [0.5, 0.6) is 0 Å². The maximum absolute atomic E-state index is 13.9.